The summed E-state index contributed by atoms with van der Waals surface area (Å²) >= 11 is 0. The summed E-state index contributed by atoms with van der Waals surface area (Å²) in [4.78, 5) is 13.3. The molecule has 1 fully saturated rings. The Bertz CT molecular complexity index is 402. The molecule has 0 bridgehead atoms. The molecule has 0 N–H and O–H groups in total. The summed E-state index contributed by atoms with van der Waals surface area (Å²) in [6.07, 6.45) is 0.835. The first-order valence-electron chi connectivity index (χ1n) is 6.76. The van der Waals surface area contributed by atoms with E-state index >= 15 is 0 Å². The van der Waals surface area contributed by atoms with Crippen molar-refractivity contribution in [2.24, 2.45) is 5.92 Å². The summed E-state index contributed by atoms with van der Waals surface area (Å²) < 4.78 is 11.1. The van der Waals surface area contributed by atoms with Crippen LogP contribution >= 0.6 is 0 Å². The summed E-state index contributed by atoms with van der Waals surface area (Å²) in [5, 5.41) is 0. The molecule has 1 aliphatic rings. The highest BCUT2D eigenvalue weighted by Crippen LogP contribution is 2.16. The van der Waals surface area contributed by atoms with Gasteiger partial charge in [-0.15, -0.1) is 0 Å². The van der Waals surface area contributed by atoms with Crippen LogP contribution in [0.5, 0.6) is 5.75 Å². The van der Waals surface area contributed by atoms with Crippen molar-refractivity contribution >= 4 is 6.29 Å². The van der Waals surface area contributed by atoms with Crippen LogP contribution in [0.1, 0.15) is 17.3 Å². The number of hydrogen-bond donors (Lipinski definition) is 0. The molecule has 4 heteroatoms. The molecular weight excluding hydrogens is 242 g/mol. The van der Waals surface area contributed by atoms with Gasteiger partial charge in [0.1, 0.15) is 5.75 Å². The predicted octanol–water partition coefficient (Wildman–Crippen LogP) is 1.85. The fraction of sp³-hybridized carbons (Fsp3) is 0.533. The van der Waals surface area contributed by atoms with Crippen LogP contribution in [0.25, 0.3) is 0 Å². The molecule has 1 heterocycles. The Morgan fingerprint density at radius 1 is 1.37 bits per heavy atom. The number of benzene rings is 1. The molecule has 19 heavy (non-hydrogen) atoms. The van der Waals surface area contributed by atoms with Crippen LogP contribution in [-0.2, 0) is 4.74 Å². The Hall–Kier alpha value is -1.39. The maximum atomic E-state index is 10.9. The van der Waals surface area contributed by atoms with E-state index in [1.165, 1.54) is 0 Å². The first-order chi connectivity index (χ1) is 9.29. The number of para-hydroxylation sites is 1. The maximum Gasteiger partial charge on any atom is 0.153 e. The molecule has 4 nitrogen and oxygen atoms in total. The van der Waals surface area contributed by atoms with Gasteiger partial charge in [0.05, 0.1) is 25.4 Å². The van der Waals surface area contributed by atoms with Crippen molar-refractivity contribution in [1.82, 2.24) is 4.90 Å². The molecule has 0 saturated carbocycles. The van der Waals surface area contributed by atoms with E-state index in [4.69, 9.17) is 9.47 Å². The van der Waals surface area contributed by atoms with Crippen molar-refractivity contribution in [3.63, 3.8) is 0 Å². The van der Waals surface area contributed by atoms with E-state index in [1.54, 1.807) is 6.07 Å². The first-order valence-corrected chi connectivity index (χ1v) is 6.76. The molecule has 1 aromatic rings. The van der Waals surface area contributed by atoms with Gasteiger partial charge in [0, 0.05) is 25.6 Å². The summed E-state index contributed by atoms with van der Waals surface area (Å²) in [5.41, 5.74) is 0.612. The molecule has 1 atom stereocenters. The highest BCUT2D eigenvalue weighted by molar-refractivity contribution is 5.79. The van der Waals surface area contributed by atoms with E-state index in [2.05, 4.69) is 11.8 Å². The van der Waals surface area contributed by atoms with Gasteiger partial charge in [0.2, 0.25) is 0 Å². The second-order valence-corrected chi connectivity index (χ2v) is 4.98. The molecule has 2 rings (SSSR count). The highest BCUT2D eigenvalue weighted by atomic mass is 16.5. The van der Waals surface area contributed by atoms with Gasteiger partial charge in [-0.3, -0.25) is 9.69 Å². The molecule has 0 aliphatic carbocycles. The monoisotopic (exact) mass is 263 g/mol. The van der Waals surface area contributed by atoms with E-state index < -0.39 is 0 Å². The van der Waals surface area contributed by atoms with E-state index in [0.717, 1.165) is 39.1 Å². The molecular formula is C15H21NO3. The fourth-order valence-electron chi connectivity index (χ4n) is 2.22. The lowest BCUT2D eigenvalue weighted by molar-refractivity contribution is 0.0283. The normalized spacial score (nSPS) is 17.9. The second kappa shape index (κ2) is 7.26. The van der Waals surface area contributed by atoms with Crippen molar-refractivity contribution in [3.05, 3.63) is 29.8 Å². The number of ether oxygens (including phenoxy) is 2. The van der Waals surface area contributed by atoms with Gasteiger partial charge in [-0.2, -0.15) is 0 Å². The van der Waals surface area contributed by atoms with Crippen molar-refractivity contribution in [3.8, 4) is 5.75 Å². The van der Waals surface area contributed by atoms with Crippen molar-refractivity contribution in [1.29, 1.82) is 0 Å². The van der Waals surface area contributed by atoms with Crippen molar-refractivity contribution in [2.75, 3.05) is 39.5 Å². The third-order valence-electron chi connectivity index (χ3n) is 3.24. The summed E-state index contributed by atoms with van der Waals surface area (Å²) in [7, 11) is 0. The van der Waals surface area contributed by atoms with Gasteiger partial charge in [-0.05, 0) is 12.1 Å². The summed E-state index contributed by atoms with van der Waals surface area (Å²) in [6, 6.07) is 7.34. The van der Waals surface area contributed by atoms with Crippen LogP contribution in [0.3, 0.4) is 0 Å². The minimum absolute atomic E-state index is 0.429. The second-order valence-electron chi connectivity index (χ2n) is 4.98. The predicted molar refractivity (Wildman–Crippen MR) is 73.7 cm³/mol. The Morgan fingerprint density at radius 3 is 2.84 bits per heavy atom. The summed E-state index contributed by atoms with van der Waals surface area (Å²) in [5.74, 6) is 1.10. The first kappa shape index (κ1) is 14.0. The van der Waals surface area contributed by atoms with Gasteiger partial charge in [-0.25, -0.2) is 0 Å². The lowest BCUT2D eigenvalue weighted by Gasteiger charge is -2.29. The minimum Gasteiger partial charge on any atom is -0.493 e. The van der Waals surface area contributed by atoms with E-state index in [9.17, 15) is 4.79 Å². The van der Waals surface area contributed by atoms with Crippen molar-refractivity contribution in [2.45, 2.75) is 6.92 Å². The van der Waals surface area contributed by atoms with Gasteiger partial charge >= 0.3 is 0 Å². The molecule has 1 aliphatic heterocycles. The molecule has 1 aromatic carbocycles. The van der Waals surface area contributed by atoms with Crippen LogP contribution in [0.4, 0.5) is 0 Å². The maximum absolute atomic E-state index is 10.9. The largest absolute Gasteiger partial charge is 0.493 e. The number of carbonyl (C=O) groups excluding carboxylic acids is 1. The van der Waals surface area contributed by atoms with Gasteiger partial charge in [-0.1, -0.05) is 19.1 Å². The van der Waals surface area contributed by atoms with Crippen LogP contribution in [0.2, 0.25) is 0 Å². The zero-order chi connectivity index (χ0) is 13.5. The van der Waals surface area contributed by atoms with Gasteiger partial charge in [0.25, 0.3) is 0 Å². The lowest BCUT2D eigenvalue weighted by atomic mass is 10.1. The molecule has 0 aromatic heterocycles. The molecule has 0 radical (unpaired) electrons. The van der Waals surface area contributed by atoms with E-state index in [-0.39, 0.29) is 0 Å². The zero-order valence-electron chi connectivity index (χ0n) is 11.4. The Labute approximate surface area is 114 Å². The van der Waals surface area contributed by atoms with Gasteiger partial charge < -0.3 is 9.47 Å². The molecule has 0 amide bonds. The number of rotatable bonds is 6. The minimum atomic E-state index is 0.429. The number of nitrogens with zero attached hydrogens (tertiary/aromatic N) is 1. The zero-order valence-corrected chi connectivity index (χ0v) is 11.4. The Morgan fingerprint density at radius 2 is 2.11 bits per heavy atom. The topological polar surface area (TPSA) is 38.8 Å². The third kappa shape index (κ3) is 4.33. The quantitative estimate of drug-likeness (QED) is 0.734. The molecule has 0 spiro atoms. The van der Waals surface area contributed by atoms with Crippen LogP contribution in [-0.4, -0.2) is 50.6 Å². The van der Waals surface area contributed by atoms with E-state index in [0.29, 0.717) is 23.8 Å². The SMILES string of the molecule is CC(COc1ccccc1C=O)CN1CCOCC1. The van der Waals surface area contributed by atoms with Crippen LogP contribution in [0.15, 0.2) is 24.3 Å². The molecule has 1 saturated heterocycles. The van der Waals surface area contributed by atoms with E-state index in [1.807, 2.05) is 18.2 Å². The van der Waals surface area contributed by atoms with Crippen molar-refractivity contribution < 1.29 is 14.3 Å². The Balaban J connectivity index is 1.79. The number of hydrogen-bond acceptors (Lipinski definition) is 4. The third-order valence-corrected chi connectivity index (χ3v) is 3.24. The lowest BCUT2D eigenvalue weighted by Crippen LogP contribution is -2.39. The molecule has 1 unspecified atom stereocenters. The molecule has 104 valence electrons. The van der Waals surface area contributed by atoms with Gasteiger partial charge in [0.15, 0.2) is 6.29 Å². The number of morpholine rings is 1. The average molecular weight is 263 g/mol. The standard InChI is InChI=1S/C15H21NO3/c1-13(10-16-6-8-18-9-7-16)12-19-15-5-3-2-4-14(15)11-17/h2-5,11,13H,6-10,12H2,1H3. The summed E-state index contributed by atoms with van der Waals surface area (Å²) in [6.45, 7) is 7.43. The Kier molecular flexibility index (Phi) is 5.36. The smallest absolute Gasteiger partial charge is 0.153 e. The van der Waals surface area contributed by atoms with Crippen LogP contribution < -0.4 is 4.74 Å². The van der Waals surface area contributed by atoms with Crippen LogP contribution in [0, 0.1) is 5.92 Å². The average Bonchev–Trinajstić information content (AvgIpc) is 2.46. The highest BCUT2D eigenvalue weighted by Gasteiger charge is 2.14. The fourth-order valence-corrected chi connectivity index (χ4v) is 2.22. The number of carbonyl (C=O) groups is 1. The number of aldehydes is 1.